The number of phenols is 2. The number of thiocarbonyl (C=S) groups is 1. The van der Waals surface area contributed by atoms with Gasteiger partial charge in [0.1, 0.15) is 0 Å². The first-order valence-corrected chi connectivity index (χ1v) is 6.35. The van der Waals surface area contributed by atoms with E-state index in [1.54, 1.807) is 12.1 Å². The molecule has 0 amide bonds. The third kappa shape index (κ3) is 4.78. The molecular formula is C15H17NO3S. The molecule has 0 radical (unpaired) electrons. The molecule has 20 heavy (non-hydrogen) atoms. The van der Waals surface area contributed by atoms with Gasteiger partial charge < -0.3 is 20.6 Å². The Hall–Kier alpha value is -2.27. The first-order valence-electron chi connectivity index (χ1n) is 5.95. The standard InChI is InChI=1S/C9H11NOS.C6H6O2/c1-6-4-3-5-7(2)8(6)10-9(11)12;7-5-3-1-2-4-6(5)8/h3-5H,1-2H3,(H2,10,11,12);1-4,7-8H. The van der Waals surface area contributed by atoms with Crippen molar-refractivity contribution >= 4 is 23.1 Å². The van der Waals surface area contributed by atoms with Gasteiger partial charge in [-0.15, -0.1) is 0 Å². The van der Waals surface area contributed by atoms with Crippen LogP contribution in [0, 0.1) is 13.8 Å². The van der Waals surface area contributed by atoms with Crippen molar-refractivity contribution in [3.05, 3.63) is 53.6 Å². The van der Waals surface area contributed by atoms with Crippen LogP contribution in [0.25, 0.3) is 0 Å². The average Bonchev–Trinajstić information content (AvgIpc) is 2.38. The van der Waals surface area contributed by atoms with Crippen molar-refractivity contribution in [2.75, 3.05) is 5.32 Å². The van der Waals surface area contributed by atoms with Crippen LogP contribution < -0.4 is 5.32 Å². The van der Waals surface area contributed by atoms with Crippen molar-refractivity contribution in [3.63, 3.8) is 0 Å². The SMILES string of the molecule is Cc1cccc(C)c1NC(O)=S.Oc1ccccc1O. The Morgan fingerprint density at radius 1 is 0.900 bits per heavy atom. The van der Waals surface area contributed by atoms with Crippen molar-refractivity contribution in [1.82, 2.24) is 0 Å². The van der Waals surface area contributed by atoms with Crippen molar-refractivity contribution in [2.45, 2.75) is 13.8 Å². The van der Waals surface area contributed by atoms with Gasteiger partial charge in [0.25, 0.3) is 5.17 Å². The van der Waals surface area contributed by atoms with E-state index in [0.717, 1.165) is 16.8 Å². The number of aryl methyl sites for hydroxylation is 2. The molecule has 5 heteroatoms. The minimum absolute atomic E-state index is 0.0764. The van der Waals surface area contributed by atoms with Gasteiger partial charge in [0.2, 0.25) is 0 Å². The van der Waals surface area contributed by atoms with Crippen LogP contribution in [0.3, 0.4) is 0 Å². The Balaban J connectivity index is 0.000000217. The molecule has 0 saturated carbocycles. The smallest absolute Gasteiger partial charge is 0.258 e. The molecule has 0 aliphatic rings. The normalized spacial score (nSPS) is 9.30. The monoisotopic (exact) mass is 291 g/mol. The fraction of sp³-hybridized carbons (Fsp3) is 0.133. The first-order chi connectivity index (χ1) is 9.41. The average molecular weight is 291 g/mol. The zero-order valence-electron chi connectivity index (χ0n) is 11.3. The molecule has 4 N–H and O–H groups in total. The number of benzene rings is 2. The van der Waals surface area contributed by atoms with Crippen LogP contribution in [0.2, 0.25) is 0 Å². The quantitative estimate of drug-likeness (QED) is 0.477. The molecule has 4 nitrogen and oxygen atoms in total. The summed E-state index contributed by atoms with van der Waals surface area (Å²) in [7, 11) is 0. The highest BCUT2D eigenvalue weighted by atomic mass is 32.1. The van der Waals surface area contributed by atoms with Crippen molar-refractivity contribution < 1.29 is 15.3 Å². The highest BCUT2D eigenvalue weighted by molar-refractivity contribution is 7.80. The summed E-state index contributed by atoms with van der Waals surface area (Å²) in [4.78, 5) is 0. The fourth-order valence-electron chi connectivity index (χ4n) is 1.58. The van der Waals surface area contributed by atoms with Crippen LogP contribution >= 0.6 is 12.2 Å². The Morgan fingerprint density at radius 3 is 1.70 bits per heavy atom. The van der Waals surface area contributed by atoms with Crippen LogP contribution in [-0.4, -0.2) is 20.5 Å². The van der Waals surface area contributed by atoms with E-state index in [-0.39, 0.29) is 16.7 Å². The van der Waals surface area contributed by atoms with Crippen molar-refractivity contribution in [2.24, 2.45) is 0 Å². The minimum Gasteiger partial charge on any atom is -0.504 e. The number of aliphatic hydroxyl groups is 1. The maximum absolute atomic E-state index is 8.88. The van der Waals surface area contributed by atoms with Crippen LogP contribution in [-0.2, 0) is 0 Å². The number of phenolic OH excluding ortho intramolecular Hbond substituents is 2. The lowest BCUT2D eigenvalue weighted by Gasteiger charge is -2.09. The fourth-order valence-corrected chi connectivity index (χ4v) is 1.68. The van der Waals surface area contributed by atoms with Gasteiger partial charge in [0.05, 0.1) is 0 Å². The first kappa shape index (κ1) is 15.8. The Bertz CT molecular complexity index is 558. The predicted octanol–water partition coefficient (Wildman–Crippen LogP) is 3.66. The Kier molecular flexibility index (Phi) is 5.80. The summed E-state index contributed by atoms with van der Waals surface area (Å²) in [5.41, 5.74) is 3.04. The molecule has 0 aromatic heterocycles. The molecule has 106 valence electrons. The highest BCUT2D eigenvalue weighted by Gasteiger charge is 2.01. The molecule has 0 aliphatic heterocycles. The predicted molar refractivity (Wildman–Crippen MR) is 84.5 cm³/mol. The Morgan fingerprint density at radius 2 is 1.35 bits per heavy atom. The lowest BCUT2D eigenvalue weighted by molar-refractivity contribution is 0.404. The number of hydrogen-bond donors (Lipinski definition) is 4. The van der Waals surface area contributed by atoms with Gasteiger partial charge in [-0.3, -0.25) is 0 Å². The van der Waals surface area contributed by atoms with Crippen LogP contribution in [0.5, 0.6) is 11.5 Å². The van der Waals surface area contributed by atoms with E-state index in [0.29, 0.717) is 0 Å². The zero-order chi connectivity index (χ0) is 15.1. The third-order valence-electron chi connectivity index (χ3n) is 2.59. The summed E-state index contributed by atoms with van der Waals surface area (Å²) < 4.78 is 0. The van der Waals surface area contributed by atoms with E-state index in [1.165, 1.54) is 12.1 Å². The van der Waals surface area contributed by atoms with Crippen molar-refractivity contribution in [3.8, 4) is 11.5 Å². The molecule has 0 aliphatic carbocycles. The molecule has 0 saturated heterocycles. The van der Waals surface area contributed by atoms with E-state index < -0.39 is 0 Å². The molecular weight excluding hydrogens is 274 g/mol. The molecule has 2 aromatic rings. The molecule has 0 unspecified atom stereocenters. The summed E-state index contributed by atoms with van der Waals surface area (Å²) in [6, 6.07) is 12.0. The topological polar surface area (TPSA) is 72.7 Å². The van der Waals surface area contributed by atoms with Crippen LogP contribution in [0.15, 0.2) is 42.5 Å². The summed E-state index contributed by atoms with van der Waals surface area (Å²) in [6.07, 6.45) is 0. The number of aliphatic hydroxyl groups excluding tert-OH is 1. The maximum atomic E-state index is 8.88. The van der Waals surface area contributed by atoms with E-state index in [2.05, 4.69) is 17.5 Å². The van der Waals surface area contributed by atoms with Crippen LogP contribution in [0.1, 0.15) is 11.1 Å². The van der Waals surface area contributed by atoms with Gasteiger partial charge in [-0.2, -0.15) is 0 Å². The summed E-state index contributed by atoms with van der Waals surface area (Å²) >= 11 is 4.54. The summed E-state index contributed by atoms with van der Waals surface area (Å²) in [5.74, 6) is -0.153. The molecule has 0 heterocycles. The molecule has 0 atom stereocenters. The lowest BCUT2D eigenvalue weighted by Crippen LogP contribution is -2.09. The van der Waals surface area contributed by atoms with E-state index in [4.69, 9.17) is 15.3 Å². The highest BCUT2D eigenvalue weighted by Crippen LogP contribution is 2.21. The second-order valence-corrected chi connectivity index (χ2v) is 4.57. The molecule has 0 bridgehead atoms. The summed E-state index contributed by atoms with van der Waals surface area (Å²) in [5, 5.41) is 28.8. The minimum atomic E-state index is -0.188. The van der Waals surface area contributed by atoms with Gasteiger partial charge >= 0.3 is 0 Å². The second kappa shape index (κ2) is 7.35. The molecule has 0 fully saturated rings. The maximum Gasteiger partial charge on any atom is 0.258 e. The lowest BCUT2D eigenvalue weighted by atomic mass is 10.1. The third-order valence-corrected chi connectivity index (χ3v) is 2.70. The van der Waals surface area contributed by atoms with Gasteiger partial charge in [0.15, 0.2) is 11.5 Å². The van der Waals surface area contributed by atoms with Crippen molar-refractivity contribution in [1.29, 1.82) is 0 Å². The number of para-hydroxylation sites is 3. The largest absolute Gasteiger partial charge is 0.504 e. The number of hydrogen-bond acceptors (Lipinski definition) is 3. The molecule has 2 rings (SSSR count). The zero-order valence-corrected chi connectivity index (χ0v) is 12.1. The molecule has 2 aromatic carbocycles. The number of anilines is 1. The number of nitrogens with one attached hydrogen (secondary N) is 1. The second-order valence-electron chi connectivity index (χ2n) is 4.19. The van der Waals surface area contributed by atoms with Crippen LogP contribution in [0.4, 0.5) is 5.69 Å². The van der Waals surface area contributed by atoms with E-state index in [9.17, 15) is 0 Å². The van der Waals surface area contributed by atoms with Gasteiger partial charge in [-0.25, -0.2) is 0 Å². The van der Waals surface area contributed by atoms with Gasteiger partial charge in [-0.05, 0) is 49.3 Å². The molecule has 0 spiro atoms. The van der Waals surface area contributed by atoms with E-state index in [1.807, 2.05) is 32.0 Å². The Labute approximate surface area is 123 Å². The number of rotatable bonds is 1. The number of aromatic hydroxyl groups is 2. The van der Waals surface area contributed by atoms with Gasteiger partial charge in [0, 0.05) is 5.69 Å². The van der Waals surface area contributed by atoms with Gasteiger partial charge in [-0.1, -0.05) is 30.3 Å². The van der Waals surface area contributed by atoms with E-state index >= 15 is 0 Å². The summed E-state index contributed by atoms with van der Waals surface area (Å²) in [6.45, 7) is 3.93.